The molecule has 0 radical (unpaired) electrons. The summed E-state index contributed by atoms with van der Waals surface area (Å²) in [5.74, 6) is 1.72. The fraction of sp³-hybridized carbons (Fsp3) is 0.435. The molecule has 154 valence electrons. The molecule has 5 rings (SSSR count). The minimum Gasteiger partial charge on any atom is -0.356 e. The number of hydrogen-bond acceptors (Lipinski definition) is 7. The molecule has 7 nitrogen and oxygen atoms in total. The summed E-state index contributed by atoms with van der Waals surface area (Å²) in [6, 6.07) is 5.90. The third-order valence-corrected chi connectivity index (χ3v) is 6.62. The molecule has 30 heavy (non-hydrogen) atoms. The second-order valence-electron chi connectivity index (χ2n) is 8.47. The number of anilines is 1. The molecule has 7 heteroatoms. The first-order valence-corrected chi connectivity index (χ1v) is 10.7. The van der Waals surface area contributed by atoms with E-state index in [1.54, 1.807) is 12.4 Å². The standard InChI is InChI=1S/C23H26N6O/c30-15-1-11-28-12-5-23(17-28)6-13-29(14-7-23)22-19-4-10-25-16-20(19)26-21(27-22)18-2-8-24-9-3-18/h2-4,8-10,15-16H,1,5-7,11-14,17H2. The Morgan fingerprint density at radius 2 is 1.73 bits per heavy atom. The topological polar surface area (TPSA) is 75.1 Å². The zero-order valence-electron chi connectivity index (χ0n) is 17.1. The Balaban J connectivity index is 1.40. The van der Waals surface area contributed by atoms with Crippen LogP contribution < -0.4 is 4.90 Å². The lowest BCUT2D eigenvalue weighted by Gasteiger charge is -2.40. The molecule has 0 aliphatic carbocycles. The summed E-state index contributed by atoms with van der Waals surface area (Å²) >= 11 is 0. The Hall–Kier alpha value is -2.93. The summed E-state index contributed by atoms with van der Waals surface area (Å²) in [6.07, 6.45) is 12.4. The second kappa shape index (κ2) is 8.07. The van der Waals surface area contributed by atoms with Gasteiger partial charge in [-0.25, -0.2) is 9.97 Å². The lowest BCUT2D eigenvalue weighted by molar-refractivity contribution is -0.108. The highest BCUT2D eigenvalue weighted by molar-refractivity contribution is 5.90. The van der Waals surface area contributed by atoms with Crippen molar-refractivity contribution in [1.29, 1.82) is 0 Å². The first-order chi connectivity index (χ1) is 14.8. The van der Waals surface area contributed by atoms with Crippen LogP contribution in [-0.2, 0) is 4.79 Å². The van der Waals surface area contributed by atoms with E-state index < -0.39 is 0 Å². The Morgan fingerprint density at radius 1 is 0.967 bits per heavy atom. The van der Waals surface area contributed by atoms with Gasteiger partial charge in [-0.15, -0.1) is 0 Å². The van der Waals surface area contributed by atoms with E-state index in [0.29, 0.717) is 17.7 Å². The van der Waals surface area contributed by atoms with Gasteiger partial charge in [0.1, 0.15) is 12.1 Å². The second-order valence-corrected chi connectivity index (χ2v) is 8.47. The zero-order chi connectivity index (χ0) is 20.4. The molecule has 0 aromatic carbocycles. The molecule has 3 aromatic heterocycles. The average molecular weight is 403 g/mol. The molecule has 0 saturated carbocycles. The van der Waals surface area contributed by atoms with Gasteiger partial charge in [-0.1, -0.05) is 0 Å². The predicted molar refractivity (Wildman–Crippen MR) is 116 cm³/mol. The molecule has 2 aliphatic heterocycles. The Labute approximate surface area is 176 Å². The fourth-order valence-electron chi connectivity index (χ4n) is 4.89. The molecule has 2 saturated heterocycles. The molecular formula is C23H26N6O. The molecule has 2 aliphatic rings. The molecule has 0 unspecified atom stereocenters. The monoisotopic (exact) mass is 402 g/mol. The van der Waals surface area contributed by atoms with Gasteiger partial charge in [-0.3, -0.25) is 9.97 Å². The lowest BCUT2D eigenvalue weighted by atomic mass is 9.77. The number of fused-ring (bicyclic) bond motifs is 1. The number of nitrogens with zero attached hydrogens (tertiary/aromatic N) is 6. The van der Waals surface area contributed by atoms with Gasteiger partial charge < -0.3 is 14.6 Å². The number of rotatable bonds is 5. The maximum absolute atomic E-state index is 10.7. The quantitative estimate of drug-likeness (QED) is 0.607. The number of aromatic nitrogens is 4. The lowest BCUT2D eigenvalue weighted by Crippen LogP contribution is -2.42. The SMILES string of the molecule is O=CCCN1CCC2(CCN(c3nc(-c4ccncc4)nc4cnccc34)CC2)C1. The van der Waals surface area contributed by atoms with Crippen LogP contribution >= 0.6 is 0 Å². The van der Waals surface area contributed by atoms with E-state index in [9.17, 15) is 4.79 Å². The highest BCUT2D eigenvalue weighted by Crippen LogP contribution is 2.42. The van der Waals surface area contributed by atoms with Gasteiger partial charge in [0.25, 0.3) is 0 Å². The van der Waals surface area contributed by atoms with Crippen LogP contribution in [0.1, 0.15) is 25.7 Å². The number of carbonyl (C=O) groups excluding carboxylic acids is 1. The van der Waals surface area contributed by atoms with Crippen molar-refractivity contribution in [3.63, 3.8) is 0 Å². The van der Waals surface area contributed by atoms with Gasteiger partial charge in [0.15, 0.2) is 5.82 Å². The van der Waals surface area contributed by atoms with Crippen LogP contribution in [0.25, 0.3) is 22.3 Å². The number of carbonyl (C=O) groups is 1. The van der Waals surface area contributed by atoms with Gasteiger partial charge in [0, 0.05) is 62.1 Å². The molecule has 3 aromatic rings. The summed E-state index contributed by atoms with van der Waals surface area (Å²) in [5.41, 5.74) is 2.22. The number of aldehydes is 1. The van der Waals surface area contributed by atoms with E-state index in [2.05, 4.69) is 19.8 Å². The van der Waals surface area contributed by atoms with Gasteiger partial charge in [-0.2, -0.15) is 0 Å². The van der Waals surface area contributed by atoms with Crippen LogP contribution in [0.5, 0.6) is 0 Å². The van der Waals surface area contributed by atoms with E-state index in [1.807, 2.05) is 30.6 Å². The van der Waals surface area contributed by atoms with Crippen molar-refractivity contribution < 1.29 is 4.79 Å². The van der Waals surface area contributed by atoms with Crippen LogP contribution in [0.15, 0.2) is 43.0 Å². The summed E-state index contributed by atoms with van der Waals surface area (Å²) < 4.78 is 0. The molecular weight excluding hydrogens is 376 g/mol. The van der Waals surface area contributed by atoms with Crippen LogP contribution in [0.4, 0.5) is 5.82 Å². The average Bonchev–Trinajstić information content (AvgIpc) is 3.20. The van der Waals surface area contributed by atoms with Crippen molar-refractivity contribution >= 4 is 23.0 Å². The third-order valence-electron chi connectivity index (χ3n) is 6.62. The number of likely N-dealkylation sites (tertiary alicyclic amines) is 1. The third kappa shape index (κ3) is 3.65. The maximum Gasteiger partial charge on any atom is 0.162 e. The summed E-state index contributed by atoms with van der Waals surface area (Å²) in [6.45, 7) is 5.11. The van der Waals surface area contributed by atoms with Gasteiger partial charge in [0.2, 0.25) is 0 Å². The molecule has 0 amide bonds. The molecule has 0 N–H and O–H groups in total. The fourth-order valence-corrected chi connectivity index (χ4v) is 4.89. The van der Waals surface area contributed by atoms with Crippen molar-refractivity contribution in [2.45, 2.75) is 25.7 Å². The van der Waals surface area contributed by atoms with E-state index in [1.165, 1.54) is 6.42 Å². The first kappa shape index (κ1) is 19.1. The highest BCUT2D eigenvalue weighted by Gasteiger charge is 2.40. The summed E-state index contributed by atoms with van der Waals surface area (Å²) in [5, 5.41) is 1.05. The van der Waals surface area contributed by atoms with Crippen LogP contribution in [0, 0.1) is 5.41 Å². The normalized spacial score (nSPS) is 18.9. The first-order valence-electron chi connectivity index (χ1n) is 10.7. The minimum atomic E-state index is 0.387. The van der Waals surface area contributed by atoms with E-state index in [-0.39, 0.29) is 0 Å². The van der Waals surface area contributed by atoms with Gasteiger partial charge >= 0.3 is 0 Å². The maximum atomic E-state index is 10.7. The summed E-state index contributed by atoms with van der Waals surface area (Å²) in [4.78, 5) is 33.7. The van der Waals surface area contributed by atoms with Crippen LogP contribution in [0.2, 0.25) is 0 Å². The highest BCUT2D eigenvalue weighted by atomic mass is 16.1. The van der Waals surface area contributed by atoms with E-state index in [0.717, 1.165) is 74.1 Å². The van der Waals surface area contributed by atoms with Crippen LogP contribution in [-0.4, -0.2) is 63.8 Å². The Morgan fingerprint density at radius 3 is 2.53 bits per heavy atom. The molecule has 2 fully saturated rings. The van der Waals surface area contributed by atoms with Crippen molar-refractivity contribution in [3.05, 3.63) is 43.0 Å². The largest absolute Gasteiger partial charge is 0.356 e. The van der Waals surface area contributed by atoms with Crippen molar-refractivity contribution in [2.75, 3.05) is 37.6 Å². The van der Waals surface area contributed by atoms with Crippen molar-refractivity contribution in [2.24, 2.45) is 5.41 Å². The Kier molecular flexibility index (Phi) is 5.12. The molecule has 1 spiro atoms. The minimum absolute atomic E-state index is 0.387. The van der Waals surface area contributed by atoms with Crippen molar-refractivity contribution in [1.82, 2.24) is 24.8 Å². The number of pyridine rings is 2. The summed E-state index contributed by atoms with van der Waals surface area (Å²) in [7, 11) is 0. The van der Waals surface area contributed by atoms with E-state index in [4.69, 9.17) is 9.97 Å². The zero-order valence-corrected chi connectivity index (χ0v) is 17.1. The van der Waals surface area contributed by atoms with E-state index >= 15 is 0 Å². The number of hydrogen-bond donors (Lipinski definition) is 0. The van der Waals surface area contributed by atoms with Crippen molar-refractivity contribution in [3.8, 4) is 11.4 Å². The molecule has 0 atom stereocenters. The Bertz CT molecular complexity index is 1030. The predicted octanol–water partition coefficient (Wildman–Crippen LogP) is 2.97. The van der Waals surface area contributed by atoms with Crippen LogP contribution in [0.3, 0.4) is 0 Å². The number of piperidine rings is 1. The molecule has 5 heterocycles. The molecule has 0 bridgehead atoms. The smallest absolute Gasteiger partial charge is 0.162 e. The van der Waals surface area contributed by atoms with Gasteiger partial charge in [0.05, 0.1) is 11.7 Å². The van der Waals surface area contributed by atoms with Gasteiger partial charge in [-0.05, 0) is 49.4 Å².